The van der Waals surface area contributed by atoms with Crippen LogP contribution < -0.4 is 10.6 Å². The molecule has 0 radical (unpaired) electrons. The molecule has 2 N–H and O–H groups in total. The molecule has 0 aliphatic rings. The number of aromatic nitrogens is 4. The van der Waals surface area contributed by atoms with Crippen LogP contribution in [0.1, 0.15) is 5.56 Å². The Morgan fingerprint density at radius 3 is 2.86 bits per heavy atom. The van der Waals surface area contributed by atoms with Gasteiger partial charge < -0.3 is 10.6 Å². The van der Waals surface area contributed by atoms with Gasteiger partial charge in [0.05, 0.1) is 18.1 Å². The molecular formula is C15H14N6O. The number of nitrogens with zero attached hydrogens (tertiary/aromatic N) is 4. The van der Waals surface area contributed by atoms with Crippen molar-refractivity contribution in [3.05, 3.63) is 66.9 Å². The number of carbonyl (C=O) groups excluding carboxylic acids is 1. The highest BCUT2D eigenvalue weighted by atomic mass is 16.2. The number of rotatable bonds is 4. The molecule has 3 aromatic rings. The third-order valence-electron chi connectivity index (χ3n) is 2.90. The molecule has 22 heavy (non-hydrogen) atoms. The summed E-state index contributed by atoms with van der Waals surface area (Å²) in [6.45, 7) is 0.411. The van der Waals surface area contributed by atoms with Gasteiger partial charge in [0.25, 0.3) is 0 Å². The molecule has 3 heterocycles. The van der Waals surface area contributed by atoms with Gasteiger partial charge in [-0.3, -0.25) is 4.98 Å². The quantitative estimate of drug-likeness (QED) is 0.770. The maximum atomic E-state index is 11.8. The number of amides is 2. The molecule has 2 amide bonds. The lowest BCUT2D eigenvalue weighted by atomic mass is 10.3. The Bertz CT molecular complexity index is 741. The van der Waals surface area contributed by atoms with Crippen LogP contribution in [0, 0.1) is 0 Å². The maximum Gasteiger partial charge on any atom is 0.319 e. The summed E-state index contributed by atoms with van der Waals surface area (Å²) in [5.74, 6) is 0.686. The van der Waals surface area contributed by atoms with Gasteiger partial charge in [-0.1, -0.05) is 12.1 Å². The van der Waals surface area contributed by atoms with Crippen molar-refractivity contribution in [1.82, 2.24) is 25.1 Å². The number of carbonyl (C=O) groups is 1. The molecule has 0 bridgehead atoms. The zero-order chi connectivity index (χ0) is 15.2. The second kappa shape index (κ2) is 6.49. The third kappa shape index (κ3) is 3.45. The Balaban J connectivity index is 1.57. The minimum atomic E-state index is -0.301. The highest BCUT2D eigenvalue weighted by Crippen LogP contribution is 2.09. The molecule has 0 spiro atoms. The number of hydrogen-bond acceptors (Lipinski definition) is 4. The molecule has 0 aliphatic carbocycles. The highest BCUT2D eigenvalue weighted by molar-refractivity contribution is 5.88. The fraction of sp³-hybridized carbons (Fsp3) is 0.0667. The SMILES string of the molecule is O=C(NCc1cccnc1)Nc1cnn(-c2ccccn2)c1. The van der Waals surface area contributed by atoms with Crippen LogP contribution in [0.15, 0.2) is 61.3 Å². The topological polar surface area (TPSA) is 84.7 Å². The van der Waals surface area contributed by atoms with E-state index in [1.807, 2.05) is 30.3 Å². The fourth-order valence-corrected chi connectivity index (χ4v) is 1.86. The fourth-order valence-electron chi connectivity index (χ4n) is 1.86. The predicted molar refractivity (Wildman–Crippen MR) is 81.5 cm³/mol. The highest BCUT2D eigenvalue weighted by Gasteiger charge is 2.05. The van der Waals surface area contributed by atoms with Crippen molar-refractivity contribution in [2.75, 3.05) is 5.32 Å². The zero-order valence-corrected chi connectivity index (χ0v) is 11.7. The smallest absolute Gasteiger partial charge is 0.319 e. The number of urea groups is 1. The van der Waals surface area contributed by atoms with E-state index in [1.165, 1.54) is 0 Å². The normalized spacial score (nSPS) is 10.2. The molecule has 110 valence electrons. The van der Waals surface area contributed by atoms with Crippen LogP contribution in [0.5, 0.6) is 0 Å². The first-order valence-corrected chi connectivity index (χ1v) is 6.71. The Hall–Kier alpha value is -3.22. The van der Waals surface area contributed by atoms with Gasteiger partial charge in [-0.25, -0.2) is 14.5 Å². The van der Waals surface area contributed by atoms with Crippen LogP contribution in [0.4, 0.5) is 10.5 Å². The van der Waals surface area contributed by atoms with Crippen molar-refractivity contribution in [2.45, 2.75) is 6.54 Å². The first-order chi connectivity index (χ1) is 10.8. The average Bonchev–Trinajstić information content (AvgIpc) is 3.03. The second-order valence-electron chi connectivity index (χ2n) is 4.53. The first-order valence-electron chi connectivity index (χ1n) is 6.71. The number of hydrogen-bond donors (Lipinski definition) is 2. The summed E-state index contributed by atoms with van der Waals surface area (Å²) in [6, 6.07) is 8.96. The van der Waals surface area contributed by atoms with E-state index in [4.69, 9.17) is 0 Å². The monoisotopic (exact) mass is 294 g/mol. The van der Waals surface area contributed by atoms with Crippen LogP contribution in [0.2, 0.25) is 0 Å². The molecule has 3 rings (SSSR count). The van der Waals surface area contributed by atoms with Crippen molar-refractivity contribution < 1.29 is 4.79 Å². The maximum absolute atomic E-state index is 11.8. The van der Waals surface area contributed by atoms with E-state index in [-0.39, 0.29) is 6.03 Å². The van der Waals surface area contributed by atoms with Gasteiger partial charge in [-0.15, -0.1) is 0 Å². The zero-order valence-electron chi connectivity index (χ0n) is 11.7. The van der Waals surface area contributed by atoms with Crippen LogP contribution in [0.25, 0.3) is 5.82 Å². The summed E-state index contributed by atoms with van der Waals surface area (Å²) in [4.78, 5) is 20.0. The number of anilines is 1. The Morgan fingerprint density at radius 2 is 2.09 bits per heavy atom. The van der Waals surface area contributed by atoms with Gasteiger partial charge in [-0.2, -0.15) is 5.10 Å². The molecular weight excluding hydrogens is 280 g/mol. The summed E-state index contributed by atoms with van der Waals surface area (Å²) in [5, 5.41) is 9.63. The summed E-state index contributed by atoms with van der Waals surface area (Å²) in [6.07, 6.45) is 8.35. The molecule has 0 fully saturated rings. The van der Waals surface area contributed by atoms with Crippen molar-refractivity contribution in [1.29, 1.82) is 0 Å². The Labute approximate surface area is 127 Å². The third-order valence-corrected chi connectivity index (χ3v) is 2.90. The number of pyridine rings is 2. The van der Waals surface area contributed by atoms with Gasteiger partial charge in [0, 0.05) is 25.1 Å². The summed E-state index contributed by atoms with van der Waals surface area (Å²) < 4.78 is 1.59. The van der Waals surface area contributed by atoms with Crippen LogP contribution >= 0.6 is 0 Å². The largest absolute Gasteiger partial charge is 0.334 e. The van der Waals surface area contributed by atoms with E-state index in [1.54, 1.807) is 35.7 Å². The molecule has 0 aliphatic heterocycles. The lowest BCUT2D eigenvalue weighted by Crippen LogP contribution is -2.28. The van der Waals surface area contributed by atoms with Crippen molar-refractivity contribution >= 4 is 11.7 Å². The lowest BCUT2D eigenvalue weighted by molar-refractivity contribution is 0.251. The van der Waals surface area contributed by atoms with Gasteiger partial charge >= 0.3 is 6.03 Å². The predicted octanol–water partition coefficient (Wildman–Crippen LogP) is 1.98. The second-order valence-corrected chi connectivity index (χ2v) is 4.53. The van der Waals surface area contributed by atoms with E-state index >= 15 is 0 Å². The lowest BCUT2D eigenvalue weighted by Gasteiger charge is -2.05. The summed E-state index contributed by atoms with van der Waals surface area (Å²) >= 11 is 0. The average molecular weight is 294 g/mol. The Kier molecular flexibility index (Phi) is 4.05. The van der Waals surface area contributed by atoms with Gasteiger partial charge in [0.2, 0.25) is 0 Å². The van der Waals surface area contributed by atoms with E-state index in [2.05, 4.69) is 25.7 Å². The molecule has 0 saturated heterocycles. The van der Waals surface area contributed by atoms with E-state index in [0.717, 1.165) is 5.56 Å². The van der Waals surface area contributed by atoms with E-state index < -0.39 is 0 Å². The van der Waals surface area contributed by atoms with Crippen LogP contribution in [0.3, 0.4) is 0 Å². The van der Waals surface area contributed by atoms with Crippen molar-refractivity contribution in [3.8, 4) is 5.82 Å². The number of nitrogens with one attached hydrogen (secondary N) is 2. The van der Waals surface area contributed by atoms with Gasteiger partial charge in [0.1, 0.15) is 0 Å². The molecule has 3 aromatic heterocycles. The van der Waals surface area contributed by atoms with Gasteiger partial charge in [0.15, 0.2) is 5.82 Å². The molecule has 0 atom stereocenters. The van der Waals surface area contributed by atoms with E-state index in [9.17, 15) is 4.79 Å². The molecule has 0 unspecified atom stereocenters. The molecule has 7 nitrogen and oxygen atoms in total. The summed E-state index contributed by atoms with van der Waals surface area (Å²) in [7, 11) is 0. The van der Waals surface area contributed by atoms with Gasteiger partial charge in [-0.05, 0) is 23.8 Å². The molecule has 7 heteroatoms. The Morgan fingerprint density at radius 1 is 1.14 bits per heavy atom. The first kappa shape index (κ1) is 13.7. The van der Waals surface area contributed by atoms with Crippen LogP contribution in [-0.4, -0.2) is 25.8 Å². The summed E-state index contributed by atoms with van der Waals surface area (Å²) in [5.41, 5.74) is 1.52. The van der Waals surface area contributed by atoms with E-state index in [0.29, 0.717) is 18.1 Å². The molecule has 0 saturated carbocycles. The molecule has 0 aromatic carbocycles. The minimum absolute atomic E-state index is 0.301. The van der Waals surface area contributed by atoms with Crippen LogP contribution in [-0.2, 0) is 6.54 Å². The standard InChI is InChI=1S/C15H14N6O/c22-15(18-9-12-4-3-6-16-8-12)20-13-10-19-21(11-13)14-5-1-2-7-17-14/h1-8,10-11H,9H2,(H2,18,20,22). The van der Waals surface area contributed by atoms with Crippen molar-refractivity contribution in [2.24, 2.45) is 0 Å². The van der Waals surface area contributed by atoms with Crippen molar-refractivity contribution in [3.63, 3.8) is 0 Å². The minimum Gasteiger partial charge on any atom is -0.334 e.